The van der Waals surface area contributed by atoms with E-state index in [4.69, 9.17) is 4.74 Å². The minimum absolute atomic E-state index is 0.207. The van der Waals surface area contributed by atoms with E-state index in [1.54, 1.807) is 0 Å². The summed E-state index contributed by atoms with van der Waals surface area (Å²) in [5, 5.41) is 0. The van der Waals surface area contributed by atoms with Gasteiger partial charge in [0.25, 0.3) is 0 Å². The Hall–Kier alpha value is -1.06. The summed E-state index contributed by atoms with van der Waals surface area (Å²) in [6.07, 6.45) is 15.3. The summed E-state index contributed by atoms with van der Waals surface area (Å²) in [5.41, 5.74) is 0. The van der Waals surface area contributed by atoms with Crippen molar-refractivity contribution in [2.45, 2.75) is 96.4 Å². The third-order valence-corrected chi connectivity index (χ3v) is 6.10. The zero-order valence-electron chi connectivity index (χ0n) is 16.3. The van der Waals surface area contributed by atoms with Crippen LogP contribution in [0.4, 0.5) is 0 Å². The Morgan fingerprint density at radius 3 is 2.04 bits per heavy atom. The Labute approximate surface area is 153 Å². The van der Waals surface area contributed by atoms with Crippen LogP contribution in [0, 0.1) is 11.8 Å². The standard InChI is InChI=1S/C21H37NO3/c1-17(21(24)25-2)16-22(19-13-9-4-3-5-10-14-19)20(23)15-18-11-7-6-8-12-18/h17-19H,3-16H2,1-2H3. The van der Waals surface area contributed by atoms with Crippen molar-refractivity contribution in [3.63, 3.8) is 0 Å². The van der Waals surface area contributed by atoms with Gasteiger partial charge in [-0.2, -0.15) is 0 Å². The van der Waals surface area contributed by atoms with Crippen LogP contribution in [0.1, 0.15) is 90.4 Å². The third-order valence-electron chi connectivity index (χ3n) is 6.10. The summed E-state index contributed by atoms with van der Waals surface area (Å²) < 4.78 is 4.90. The molecule has 0 aromatic carbocycles. The van der Waals surface area contributed by atoms with Gasteiger partial charge in [-0.05, 0) is 31.6 Å². The maximum Gasteiger partial charge on any atom is 0.310 e. The number of ether oxygens (including phenoxy) is 1. The number of hydrogen-bond acceptors (Lipinski definition) is 3. The van der Waals surface area contributed by atoms with Gasteiger partial charge in [-0.3, -0.25) is 9.59 Å². The van der Waals surface area contributed by atoms with Crippen molar-refractivity contribution in [2.75, 3.05) is 13.7 Å². The first-order valence-corrected chi connectivity index (χ1v) is 10.5. The maximum absolute atomic E-state index is 13.1. The highest BCUT2D eigenvalue weighted by molar-refractivity contribution is 5.78. The monoisotopic (exact) mass is 351 g/mol. The van der Waals surface area contributed by atoms with Gasteiger partial charge in [0.1, 0.15) is 0 Å². The van der Waals surface area contributed by atoms with E-state index in [0.717, 1.165) is 12.8 Å². The van der Waals surface area contributed by atoms with Crippen molar-refractivity contribution < 1.29 is 14.3 Å². The normalized spacial score (nSPS) is 21.8. The van der Waals surface area contributed by atoms with E-state index in [0.29, 0.717) is 24.9 Å². The summed E-state index contributed by atoms with van der Waals surface area (Å²) in [6, 6.07) is 0.309. The van der Waals surface area contributed by atoms with Crippen molar-refractivity contribution in [1.29, 1.82) is 0 Å². The SMILES string of the molecule is COC(=O)C(C)CN(C(=O)CC1CCCCC1)C1CCCCCCC1. The number of methoxy groups -OCH3 is 1. The first-order valence-electron chi connectivity index (χ1n) is 10.5. The van der Waals surface area contributed by atoms with Crippen LogP contribution in [-0.4, -0.2) is 36.5 Å². The lowest BCUT2D eigenvalue weighted by atomic mass is 9.86. The number of rotatable bonds is 6. The largest absolute Gasteiger partial charge is 0.469 e. The van der Waals surface area contributed by atoms with Crippen LogP contribution >= 0.6 is 0 Å². The molecule has 1 amide bonds. The number of hydrogen-bond donors (Lipinski definition) is 0. The molecular weight excluding hydrogens is 314 g/mol. The summed E-state index contributed by atoms with van der Waals surface area (Å²) in [7, 11) is 1.43. The van der Waals surface area contributed by atoms with Gasteiger partial charge in [0.15, 0.2) is 0 Å². The minimum Gasteiger partial charge on any atom is -0.469 e. The average molecular weight is 352 g/mol. The summed E-state index contributed by atoms with van der Waals surface area (Å²) in [6.45, 7) is 2.40. The molecule has 0 saturated heterocycles. The average Bonchev–Trinajstić information content (AvgIpc) is 2.60. The van der Waals surface area contributed by atoms with Crippen LogP contribution in [0.2, 0.25) is 0 Å². The summed E-state index contributed by atoms with van der Waals surface area (Å²) in [5.74, 6) is 0.367. The fourth-order valence-electron chi connectivity index (χ4n) is 4.53. The molecule has 0 heterocycles. The van der Waals surface area contributed by atoms with E-state index < -0.39 is 0 Å². The van der Waals surface area contributed by atoms with Gasteiger partial charge in [-0.25, -0.2) is 0 Å². The van der Waals surface area contributed by atoms with Gasteiger partial charge in [0, 0.05) is 19.0 Å². The van der Waals surface area contributed by atoms with Gasteiger partial charge >= 0.3 is 5.97 Å². The van der Waals surface area contributed by atoms with Crippen LogP contribution in [0.25, 0.3) is 0 Å². The van der Waals surface area contributed by atoms with Gasteiger partial charge in [-0.1, -0.05) is 58.3 Å². The van der Waals surface area contributed by atoms with E-state index in [2.05, 4.69) is 4.90 Å². The molecule has 1 atom stereocenters. The number of amides is 1. The second kappa shape index (κ2) is 10.8. The molecule has 4 heteroatoms. The number of nitrogens with zero attached hydrogens (tertiary/aromatic N) is 1. The van der Waals surface area contributed by atoms with Crippen LogP contribution in [0.15, 0.2) is 0 Å². The van der Waals surface area contributed by atoms with Crippen molar-refractivity contribution >= 4 is 11.9 Å². The van der Waals surface area contributed by atoms with E-state index in [-0.39, 0.29) is 17.8 Å². The molecule has 0 N–H and O–H groups in total. The molecule has 144 valence electrons. The van der Waals surface area contributed by atoms with Gasteiger partial charge in [0.2, 0.25) is 5.91 Å². The molecule has 0 aromatic heterocycles. The quantitative estimate of drug-likeness (QED) is 0.651. The lowest BCUT2D eigenvalue weighted by Gasteiger charge is -2.36. The van der Waals surface area contributed by atoms with E-state index >= 15 is 0 Å². The molecule has 0 spiro atoms. The Bertz CT molecular complexity index is 409. The van der Waals surface area contributed by atoms with E-state index in [1.165, 1.54) is 71.3 Å². The van der Waals surface area contributed by atoms with Gasteiger partial charge in [-0.15, -0.1) is 0 Å². The van der Waals surface area contributed by atoms with Crippen LogP contribution < -0.4 is 0 Å². The molecule has 2 aliphatic carbocycles. The zero-order chi connectivity index (χ0) is 18.1. The van der Waals surface area contributed by atoms with Crippen LogP contribution in [-0.2, 0) is 14.3 Å². The molecule has 2 rings (SSSR count). The molecule has 0 aromatic rings. The predicted molar refractivity (Wildman–Crippen MR) is 100 cm³/mol. The lowest BCUT2D eigenvalue weighted by Crippen LogP contribution is -2.45. The maximum atomic E-state index is 13.1. The summed E-state index contributed by atoms with van der Waals surface area (Å²) in [4.78, 5) is 27.1. The predicted octanol–water partition coefficient (Wildman–Crippen LogP) is 4.71. The Morgan fingerprint density at radius 2 is 1.44 bits per heavy atom. The van der Waals surface area contributed by atoms with Crippen molar-refractivity contribution in [1.82, 2.24) is 4.90 Å². The molecule has 1 unspecified atom stereocenters. The Balaban J connectivity index is 2.02. The molecule has 2 aliphatic rings. The number of carbonyl (C=O) groups is 2. The highest BCUT2D eigenvalue weighted by atomic mass is 16.5. The molecule has 2 fully saturated rings. The minimum atomic E-state index is -0.245. The van der Waals surface area contributed by atoms with Crippen molar-refractivity contribution in [3.8, 4) is 0 Å². The summed E-state index contributed by atoms with van der Waals surface area (Å²) >= 11 is 0. The topological polar surface area (TPSA) is 46.6 Å². The molecule has 2 saturated carbocycles. The molecule has 0 bridgehead atoms. The smallest absolute Gasteiger partial charge is 0.310 e. The van der Waals surface area contributed by atoms with E-state index in [9.17, 15) is 9.59 Å². The molecule has 0 radical (unpaired) electrons. The first kappa shape index (κ1) is 20.3. The fourth-order valence-corrected chi connectivity index (χ4v) is 4.53. The van der Waals surface area contributed by atoms with Crippen molar-refractivity contribution in [2.24, 2.45) is 11.8 Å². The zero-order valence-corrected chi connectivity index (χ0v) is 16.3. The van der Waals surface area contributed by atoms with Gasteiger partial charge < -0.3 is 9.64 Å². The third kappa shape index (κ3) is 6.63. The van der Waals surface area contributed by atoms with E-state index in [1.807, 2.05) is 6.92 Å². The fraction of sp³-hybridized carbons (Fsp3) is 0.905. The second-order valence-corrected chi connectivity index (χ2v) is 8.18. The molecule has 25 heavy (non-hydrogen) atoms. The highest BCUT2D eigenvalue weighted by Gasteiger charge is 2.29. The highest BCUT2D eigenvalue weighted by Crippen LogP contribution is 2.29. The molecular formula is C21H37NO3. The first-order chi connectivity index (χ1) is 12.1. The lowest BCUT2D eigenvalue weighted by molar-refractivity contribution is -0.147. The number of carbonyl (C=O) groups excluding carboxylic acids is 2. The van der Waals surface area contributed by atoms with Crippen molar-refractivity contribution in [3.05, 3.63) is 0 Å². The Morgan fingerprint density at radius 1 is 0.920 bits per heavy atom. The molecule has 0 aliphatic heterocycles. The molecule has 4 nitrogen and oxygen atoms in total. The van der Waals surface area contributed by atoms with Crippen LogP contribution in [0.3, 0.4) is 0 Å². The van der Waals surface area contributed by atoms with Crippen LogP contribution in [0.5, 0.6) is 0 Å². The Kier molecular flexibility index (Phi) is 8.77. The number of esters is 1. The van der Waals surface area contributed by atoms with Gasteiger partial charge in [0.05, 0.1) is 13.0 Å². The second-order valence-electron chi connectivity index (χ2n) is 8.18.